The van der Waals surface area contributed by atoms with E-state index < -0.39 is 11.6 Å². The SMILES string of the molecule is CNc1cccc(-c2cnc3[nH]cc(-c4cc(F)cc(F)c4OC)c3c2)c1. The number of hydrogen-bond donors (Lipinski definition) is 2. The van der Waals surface area contributed by atoms with Crippen molar-refractivity contribution in [2.45, 2.75) is 0 Å². The van der Waals surface area contributed by atoms with Crippen LogP contribution in [-0.2, 0) is 0 Å². The number of aromatic amines is 1. The van der Waals surface area contributed by atoms with Crippen molar-refractivity contribution in [3.05, 3.63) is 66.5 Å². The molecule has 0 saturated heterocycles. The van der Waals surface area contributed by atoms with Crippen LogP contribution in [0.25, 0.3) is 33.3 Å². The molecule has 0 bridgehead atoms. The number of hydrogen-bond acceptors (Lipinski definition) is 3. The monoisotopic (exact) mass is 365 g/mol. The van der Waals surface area contributed by atoms with Gasteiger partial charge in [-0.3, -0.25) is 0 Å². The fraction of sp³-hybridized carbons (Fsp3) is 0.0952. The normalized spacial score (nSPS) is 11.0. The lowest BCUT2D eigenvalue weighted by Gasteiger charge is -2.10. The molecule has 0 fully saturated rings. The van der Waals surface area contributed by atoms with Crippen molar-refractivity contribution in [3.8, 4) is 28.0 Å². The van der Waals surface area contributed by atoms with Gasteiger partial charge in [0.1, 0.15) is 11.5 Å². The molecule has 136 valence electrons. The molecule has 2 N–H and O–H groups in total. The van der Waals surface area contributed by atoms with Crippen molar-refractivity contribution < 1.29 is 13.5 Å². The molecular weight excluding hydrogens is 348 g/mol. The van der Waals surface area contributed by atoms with Gasteiger partial charge in [-0.15, -0.1) is 0 Å². The van der Waals surface area contributed by atoms with Crippen molar-refractivity contribution >= 4 is 16.7 Å². The number of pyridine rings is 1. The van der Waals surface area contributed by atoms with E-state index in [0.717, 1.165) is 28.3 Å². The molecule has 0 aliphatic rings. The van der Waals surface area contributed by atoms with Crippen molar-refractivity contribution in [3.63, 3.8) is 0 Å². The molecule has 2 aromatic heterocycles. The molecule has 0 atom stereocenters. The summed E-state index contributed by atoms with van der Waals surface area (Å²) in [5.41, 5.74) is 4.46. The maximum atomic E-state index is 14.1. The van der Waals surface area contributed by atoms with Gasteiger partial charge in [0, 0.05) is 53.3 Å². The molecule has 4 rings (SSSR count). The van der Waals surface area contributed by atoms with E-state index in [1.165, 1.54) is 13.2 Å². The topological polar surface area (TPSA) is 49.9 Å². The minimum Gasteiger partial charge on any atom is -0.493 e. The Hall–Kier alpha value is -3.41. The molecular formula is C21H17F2N3O. The molecule has 2 aromatic carbocycles. The van der Waals surface area contributed by atoms with Crippen LogP contribution in [0.3, 0.4) is 0 Å². The number of rotatable bonds is 4. The second-order valence-electron chi connectivity index (χ2n) is 6.12. The fourth-order valence-corrected chi connectivity index (χ4v) is 3.21. The van der Waals surface area contributed by atoms with Gasteiger partial charge in [0.15, 0.2) is 11.6 Å². The molecule has 27 heavy (non-hydrogen) atoms. The van der Waals surface area contributed by atoms with Crippen LogP contribution in [0.1, 0.15) is 0 Å². The number of fused-ring (bicyclic) bond motifs is 1. The Balaban J connectivity index is 1.91. The third kappa shape index (κ3) is 2.99. The number of H-pyrrole nitrogens is 1. The summed E-state index contributed by atoms with van der Waals surface area (Å²) in [6.45, 7) is 0. The summed E-state index contributed by atoms with van der Waals surface area (Å²) in [6, 6.07) is 11.9. The van der Waals surface area contributed by atoms with E-state index in [0.29, 0.717) is 16.8 Å². The second-order valence-corrected chi connectivity index (χ2v) is 6.12. The molecule has 0 saturated carbocycles. The Morgan fingerprint density at radius 3 is 2.67 bits per heavy atom. The van der Waals surface area contributed by atoms with Gasteiger partial charge in [-0.2, -0.15) is 0 Å². The summed E-state index contributed by atoms with van der Waals surface area (Å²) in [4.78, 5) is 7.51. The highest BCUT2D eigenvalue weighted by atomic mass is 19.1. The first-order valence-corrected chi connectivity index (χ1v) is 8.39. The largest absolute Gasteiger partial charge is 0.493 e. The highest BCUT2D eigenvalue weighted by Crippen LogP contribution is 2.38. The molecule has 4 aromatic rings. The lowest BCUT2D eigenvalue weighted by atomic mass is 10.0. The standard InChI is InChI=1S/C21H17F2N3O/c1-24-15-5-3-4-12(6-15)13-7-17-18(11-26-21(17)25-10-13)16-8-14(22)9-19(23)20(16)27-2/h3-11,24H,1-2H3,(H,25,26). The molecule has 0 aliphatic carbocycles. The maximum absolute atomic E-state index is 14.1. The molecule has 0 amide bonds. The van der Waals surface area contributed by atoms with Gasteiger partial charge in [-0.25, -0.2) is 13.8 Å². The van der Waals surface area contributed by atoms with Crippen LogP contribution >= 0.6 is 0 Å². The van der Waals surface area contributed by atoms with Crippen molar-refractivity contribution in [1.82, 2.24) is 9.97 Å². The average molecular weight is 365 g/mol. The summed E-state index contributed by atoms with van der Waals surface area (Å²) in [7, 11) is 3.22. The van der Waals surface area contributed by atoms with Gasteiger partial charge in [-0.1, -0.05) is 12.1 Å². The molecule has 0 aliphatic heterocycles. The van der Waals surface area contributed by atoms with E-state index in [1.54, 1.807) is 12.4 Å². The van der Waals surface area contributed by atoms with E-state index in [-0.39, 0.29) is 5.75 Å². The van der Waals surface area contributed by atoms with Crippen molar-refractivity contribution in [2.75, 3.05) is 19.5 Å². The first-order chi connectivity index (χ1) is 13.1. The Morgan fingerprint density at radius 2 is 1.89 bits per heavy atom. The van der Waals surface area contributed by atoms with Gasteiger partial charge in [0.2, 0.25) is 0 Å². The van der Waals surface area contributed by atoms with Crippen molar-refractivity contribution in [1.29, 1.82) is 0 Å². The first kappa shape index (κ1) is 17.0. The highest BCUT2D eigenvalue weighted by molar-refractivity contribution is 5.97. The van der Waals surface area contributed by atoms with Crippen LogP contribution in [0.15, 0.2) is 54.9 Å². The fourth-order valence-electron chi connectivity index (χ4n) is 3.21. The van der Waals surface area contributed by atoms with Crippen LogP contribution in [0.2, 0.25) is 0 Å². The summed E-state index contributed by atoms with van der Waals surface area (Å²) >= 11 is 0. The molecule has 6 heteroatoms. The van der Waals surface area contributed by atoms with Crippen LogP contribution in [-0.4, -0.2) is 24.1 Å². The van der Waals surface area contributed by atoms with E-state index in [1.807, 2.05) is 37.4 Å². The maximum Gasteiger partial charge on any atom is 0.168 e. The molecule has 0 unspecified atom stereocenters. The lowest BCUT2D eigenvalue weighted by Crippen LogP contribution is -1.94. The average Bonchev–Trinajstić information content (AvgIpc) is 3.10. The van der Waals surface area contributed by atoms with E-state index in [9.17, 15) is 8.78 Å². The Labute approximate surface area is 154 Å². The Morgan fingerprint density at radius 1 is 1.04 bits per heavy atom. The highest BCUT2D eigenvalue weighted by Gasteiger charge is 2.17. The smallest absolute Gasteiger partial charge is 0.168 e. The number of benzene rings is 2. The number of methoxy groups -OCH3 is 1. The lowest BCUT2D eigenvalue weighted by molar-refractivity contribution is 0.386. The van der Waals surface area contributed by atoms with Gasteiger partial charge in [0.25, 0.3) is 0 Å². The summed E-state index contributed by atoms with van der Waals surface area (Å²) in [6.07, 6.45) is 3.45. The zero-order valence-electron chi connectivity index (χ0n) is 14.8. The number of nitrogens with zero attached hydrogens (tertiary/aromatic N) is 1. The predicted molar refractivity (Wildman–Crippen MR) is 103 cm³/mol. The van der Waals surface area contributed by atoms with Crippen LogP contribution in [0.5, 0.6) is 5.75 Å². The number of ether oxygens (including phenoxy) is 1. The van der Waals surface area contributed by atoms with E-state index in [2.05, 4.69) is 15.3 Å². The van der Waals surface area contributed by atoms with Gasteiger partial charge in [0.05, 0.1) is 7.11 Å². The first-order valence-electron chi connectivity index (χ1n) is 8.39. The van der Waals surface area contributed by atoms with Gasteiger partial charge in [-0.05, 0) is 29.8 Å². The summed E-state index contributed by atoms with van der Waals surface area (Å²) in [5.74, 6) is -1.41. The quantitative estimate of drug-likeness (QED) is 0.521. The van der Waals surface area contributed by atoms with Crippen molar-refractivity contribution in [2.24, 2.45) is 0 Å². The van der Waals surface area contributed by atoms with Crippen LogP contribution < -0.4 is 10.1 Å². The number of aromatic nitrogens is 2. The summed E-state index contributed by atoms with van der Waals surface area (Å²) in [5, 5.41) is 3.86. The Kier molecular flexibility index (Phi) is 4.24. The third-order valence-corrected chi connectivity index (χ3v) is 4.52. The number of nitrogens with one attached hydrogen (secondary N) is 2. The molecule has 4 nitrogen and oxygen atoms in total. The van der Waals surface area contributed by atoms with E-state index in [4.69, 9.17) is 4.74 Å². The van der Waals surface area contributed by atoms with Crippen LogP contribution in [0, 0.1) is 11.6 Å². The minimum absolute atomic E-state index is 0.000108. The Bertz CT molecular complexity index is 1140. The van der Waals surface area contributed by atoms with Gasteiger partial charge >= 0.3 is 0 Å². The zero-order chi connectivity index (χ0) is 19.0. The number of anilines is 1. The molecule has 2 heterocycles. The summed E-state index contributed by atoms with van der Waals surface area (Å²) < 4.78 is 33.1. The zero-order valence-corrected chi connectivity index (χ0v) is 14.8. The van der Waals surface area contributed by atoms with E-state index >= 15 is 0 Å². The third-order valence-electron chi connectivity index (χ3n) is 4.52. The second kappa shape index (κ2) is 6.72. The van der Waals surface area contributed by atoms with Crippen LogP contribution in [0.4, 0.5) is 14.5 Å². The molecule has 0 spiro atoms. The predicted octanol–water partition coefficient (Wildman–Crippen LogP) is 5.23. The number of halogens is 2. The van der Waals surface area contributed by atoms with Gasteiger partial charge < -0.3 is 15.0 Å². The minimum atomic E-state index is -0.743. The molecule has 0 radical (unpaired) electrons.